The lowest BCUT2D eigenvalue weighted by atomic mass is 10.0. The molecule has 0 aliphatic heterocycles. The summed E-state index contributed by atoms with van der Waals surface area (Å²) in [5.74, 6) is 0.222. The number of fused-ring (bicyclic) bond motifs is 1. The van der Waals surface area contributed by atoms with Crippen molar-refractivity contribution in [2.45, 2.75) is 33.2 Å². The van der Waals surface area contributed by atoms with Crippen molar-refractivity contribution in [3.8, 4) is 5.75 Å². The van der Waals surface area contributed by atoms with Crippen LogP contribution in [0.2, 0.25) is 0 Å². The Kier molecular flexibility index (Phi) is 4.85. The highest BCUT2D eigenvalue weighted by molar-refractivity contribution is 6.09. The standard InChI is InChI=1S/C22H24N2O2/c1-5-12-24-19-11-10-16(14(2)3)13-17(19)15(4)21(24)22(26)23-18-8-6-7-9-20(18)25/h5-11,13-14,25H,1,12H2,2-4H3,(H,23,26). The maximum absolute atomic E-state index is 13.0. The first-order chi connectivity index (χ1) is 12.4. The van der Waals surface area contributed by atoms with Crippen molar-refractivity contribution in [2.24, 2.45) is 0 Å². The average molecular weight is 348 g/mol. The molecule has 0 spiro atoms. The predicted molar refractivity (Wildman–Crippen MR) is 107 cm³/mol. The van der Waals surface area contributed by atoms with E-state index in [9.17, 15) is 9.90 Å². The summed E-state index contributed by atoms with van der Waals surface area (Å²) in [6.45, 7) is 10.6. The number of hydrogen-bond acceptors (Lipinski definition) is 2. The first-order valence-electron chi connectivity index (χ1n) is 8.77. The number of nitrogens with zero attached hydrogens (tertiary/aromatic N) is 1. The van der Waals surface area contributed by atoms with Gasteiger partial charge in [0.15, 0.2) is 0 Å². The Balaban J connectivity index is 2.13. The summed E-state index contributed by atoms with van der Waals surface area (Å²) >= 11 is 0. The molecule has 0 fully saturated rings. The molecule has 2 aromatic carbocycles. The number of amides is 1. The topological polar surface area (TPSA) is 54.3 Å². The van der Waals surface area contributed by atoms with Gasteiger partial charge in [0.25, 0.3) is 5.91 Å². The Morgan fingerprint density at radius 3 is 2.65 bits per heavy atom. The zero-order valence-corrected chi connectivity index (χ0v) is 15.4. The van der Waals surface area contributed by atoms with Crippen molar-refractivity contribution in [1.29, 1.82) is 0 Å². The van der Waals surface area contributed by atoms with E-state index in [1.165, 1.54) is 5.56 Å². The second-order valence-corrected chi connectivity index (χ2v) is 6.78. The number of carbonyl (C=O) groups is 1. The third kappa shape index (κ3) is 3.10. The van der Waals surface area contributed by atoms with Crippen molar-refractivity contribution >= 4 is 22.5 Å². The van der Waals surface area contributed by atoms with E-state index in [1.54, 1.807) is 30.3 Å². The molecular weight excluding hydrogens is 324 g/mol. The lowest BCUT2D eigenvalue weighted by Gasteiger charge is -2.11. The minimum absolute atomic E-state index is 0.0481. The van der Waals surface area contributed by atoms with E-state index in [2.05, 4.69) is 43.9 Å². The summed E-state index contributed by atoms with van der Waals surface area (Å²) in [7, 11) is 0. The van der Waals surface area contributed by atoms with Crippen molar-refractivity contribution < 1.29 is 9.90 Å². The molecule has 0 unspecified atom stereocenters. The SMILES string of the molecule is C=CCn1c(C(=O)Nc2ccccc2O)c(C)c2cc(C(C)C)ccc21. The zero-order valence-electron chi connectivity index (χ0n) is 15.4. The highest BCUT2D eigenvalue weighted by atomic mass is 16.3. The van der Waals surface area contributed by atoms with Crippen LogP contribution in [0.25, 0.3) is 10.9 Å². The zero-order chi connectivity index (χ0) is 18.8. The molecule has 4 nitrogen and oxygen atoms in total. The Morgan fingerprint density at radius 1 is 1.27 bits per heavy atom. The van der Waals surface area contributed by atoms with Gasteiger partial charge in [-0.1, -0.05) is 38.1 Å². The van der Waals surface area contributed by atoms with Gasteiger partial charge >= 0.3 is 0 Å². The molecule has 0 saturated carbocycles. The largest absolute Gasteiger partial charge is 0.506 e. The van der Waals surface area contributed by atoms with Crippen LogP contribution in [0.4, 0.5) is 5.69 Å². The van der Waals surface area contributed by atoms with Crippen LogP contribution in [-0.4, -0.2) is 15.6 Å². The van der Waals surface area contributed by atoms with Crippen molar-refractivity contribution in [3.05, 3.63) is 71.9 Å². The average Bonchev–Trinajstić information content (AvgIpc) is 2.89. The van der Waals surface area contributed by atoms with Crippen molar-refractivity contribution in [2.75, 3.05) is 5.32 Å². The maximum atomic E-state index is 13.0. The minimum Gasteiger partial charge on any atom is -0.506 e. The summed E-state index contributed by atoms with van der Waals surface area (Å²) in [5, 5.41) is 13.8. The molecule has 26 heavy (non-hydrogen) atoms. The smallest absolute Gasteiger partial charge is 0.272 e. The molecule has 1 heterocycles. The van der Waals surface area contributed by atoms with Gasteiger partial charge in [0.2, 0.25) is 0 Å². The molecule has 0 aliphatic carbocycles. The van der Waals surface area contributed by atoms with Gasteiger partial charge in [-0.3, -0.25) is 4.79 Å². The molecule has 0 atom stereocenters. The fraction of sp³-hybridized carbons (Fsp3) is 0.227. The van der Waals surface area contributed by atoms with Crippen LogP contribution in [0.3, 0.4) is 0 Å². The first-order valence-corrected chi connectivity index (χ1v) is 8.77. The second kappa shape index (κ2) is 7.08. The minimum atomic E-state index is -0.242. The van der Waals surface area contributed by atoms with Gasteiger partial charge in [0.1, 0.15) is 11.4 Å². The number of carbonyl (C=O) groups excluding carboxylic acids is 1. The van der Waals surface area contributed by atoms with Crippen LogP contribution in [0.15, 0.2) is 55.1 Å². The lowest BCUT2D eigenvalue weighted by Crippen LogP contribution is -2.18. The van der Waals surface area contributed by atoms with Crippen LogP contribution in [-0.2, 0) is 6.54 Å². The number of para-hydroxylation sites is 2. The molecule has 2 N–H and O–H groups in total. The maximum Gasteiger partial charge on any atom is 0.272 e. The van der Waals surface area contributed by atoms with E-state index in [4.69, 9.17) is 0 Å². The normalized spacial score (nSPS) is 11.1. The second-order valence-electron chi connectivity index (χ2n) is 6.78. The number of anilines is 1. The van der Waals surface area contributed by atoms with Gasteiger partial charge in [-0.05, 0) is 48.2 Å². The van der Waals surface area contributed by atoms with Gasteiger partial charge in [-0.2, -0.15) is 0 Å². The quantitative estimate of drug-likeness (QED) is 0.491. The van der Waals surface area contributed by atoms with Gasteiger partial charge in [0, 0.05) is 17.4 Å². The number of allylic oxidation sites excluding steroid dienone is 1. The molecule has 0 radical (unpaired) electrons. The van der Waals surface area contributed by atoms with Gasteiger partial charge in [-0.15, -0.1) is 6.58 Å². The van der Waals surface area contributed by atoms with Crippen LogP contribution >= 0.6 is 0 Å². The van der Waals surface area contributed by atoms with E-state index < -0.39 is 0 Å². The fourth-order valence-corrected chi connectivity index (χ4v) is 3.27. The summed E-state index contributed by atoms with van der Waals surface area (Å²) < 4.78 is 1.97. The third-order valence-corrected chi connectivity index (χ3v) is 4.69. The van der Waals surface area contributed by atoms with Crippen LogP contribution in [0.5, 0.6) is 5.75 Å². The van der Waals surface area contributed by atoms with E-state index >= 15 is 0 Å². The highest BCUT2D eigenvalue weighted by Crippen LogP contribution is 2.30. The number of nitrogens with one attached hydrogen (secondary N) is 1. The number of rotatable bonds is 5. The number of phenols is 1. The monoisotopic (exact) mass is 348 g/mol. The third-order valence-electron chi connectivity index (χ3n) is 4.69. The van der Waals surface area contributed by atoms with E-state index in [0.717, 1.165) is 16.5 Å². The number of phenolic OH excluding ortho intramolecular Hbond substituents is 1. The summed E-state index contributed by atoms with van der Waals surface area (Å²) in [4.78, 5) is 13.0. The number of benzene rings is 2. The van der Waals surface area contributed by atoms with E-state index in [-0.39, 0.29) is 11.7 Å². The van der Waals surface area contributed by atoms with Crippen LogP contribution in [0, 0.1) is 6.92 Å². The summed E-state index contributed by atoms with van der Waals surface area (Å²) in [6, 6.07) is 13.1. The molecule has 0 aliphatic rings. The highest BCUT2D eigenvalue weighted by Gasteiger charge is 2.21. The lowest BCUT2D eigenvalue weighted by molar-refractivity contribution is 0.101. The van der Waals surface area contributed by atoms with Crippen LogP contribution < -0.4 is 5.32 Å². The first kappa shape index (κ1) is 17.8. The number of hydrogen-bond donors (Lipinski definition) is 2. The summed E-state index contributed by atoms with van der Waals surface area (Å²) in [5.41, 5.74) is 4.16. The molecular formula is C22H24N2O2. The molecule has 134 valence electrons. The molecule has 1 amide bonds. The molecule has 0 bridgehead atoms. The number of aryl methyl sites for hydroxylation is 1. The van der Waals surface area contributed by atoms with E-state index in [1.807, 2.05) is 11.5 Å². The molecule has 1 aromatic heterocycles. The van der Waals surface area contributed by atoms with Gasteiger partial charge in [-0.25, -0.2) is 0 Å². The fourth-order valence-electron chi connectivity index (χ4n) is 3.27. The van der Waals surface area contributed by atoms with Crippen LogP contribution in [0.1, 0.15) is 41.4 Å². The Morgan fingerprint density at radius 2 is 2.00 bits per heavy atom. The van der Waals surface area contributed by atoms with E-state index in [0.29, 0.717) is 23.8 Å². The Labute approximate surface area is 153 Å². The Bertz CT molecular complexity index is 983. The Hall–Kier alpha value is -3.01. The van der Waals surface area contributed by atoms with Crippen molar-refractivity contribution in [1.82, 2.24) is 4.57 Å². The van der Waals surface area contributed by atoms with Gasteiger partial charge in [0.05, 0.1) is 5.69 Å². The summed E-state index contributed by atoms with van der Waals surface area (Å²) in [6.07, 6.45) is 1.78. The van der Waals surface area contributed by atoms with Crippen molar-refractivity contribution in [3.63, 3.8) is 0 Å². The van der Waals surface area contributed by atoms with Gasteiger partial charge < -0.3 is 15.0 Å². The number of aromatic nitrogens is 1. The molecule has 4 heteroatoms. The molecule has 3 aromatic rings. The molecule has 0 saturated heterocycles. The number of aromatic hydroxyl groups is 1. The predicted octanol–water partition coefficient (Wildman–Crippen LogP) is 5.22. The molecule has 3 rings (SSSR count).